The quantitative estimate of drug-likeness (QED) is 0.713. The maximum absolute atomic E-state index is 12.5. The van der Waals surface area contributed by atoms with E-state index in [9.17, 15) is 14.4 Å². The molecule has 0 heterocycles. The SMILES string of the molecule is CC(=O)CCC1(CC2=C(Br)CCC2)C(=O)CCCC1=O. The number of ketones is 3. The van der Waals surface area contributed by atoms with Crippen LogP contribution in [0.15, 0.2) is 10.1 Å². The van der Waals surface area contributed by atoms with E-state index in [-0.39, 0.29) is 17.3 Å². The van der Waals surface area contributed by atoms with Gasteiger partial charge in [0, 0.05) is 19.3 Å². The van der Waals surface area contributed by atoms with Gasteiger partial charge in [0.2, 0.25) is 0 Å². The monoisotopic (exact) mass is 340 g/mol. The Morgan fingerprint density at radius 2 is 1.70 bits per heavy atom. The fraction of sp³-hybridized carbons (Fsp3) is 0.688. The number of carbonyl (C=O) groups excluding carboxylic acids is 3. The summed E-state index contributed by atoms with van der Waals surface area (Å²) in [6, 6.07) is 0. The van der Waals surface area contributed by atoms with Gasteiger partial charge in [-0.25, -0.2) is 0 Å². The van der Waals surface area contributed by atoms with Gasteiger partial charge in [0.25, 0.3) is 0 Å². The second-order valence-electron chi connectivity index (χ2n) is 6.02. The Morgan fingerprint density at radius 1 is 1.10 bits per heavy atom. The largest absolute Gasteiger partial charge is 0.300 e. The number of Topliss-reactive ketones (excluding diaryl/α,β-unsaturated/α-hetero) is 3. The highest BCUT2D eigenvalue weighted by molar-refractivity contribution is 9.11. The minimum Gasteiger partial charge on any atom is -0.300 e. The van der Waals surface area contributed by atoms with Crippen molar-refractivity contribution >= 4 is 33.3 Å². The first-order chi connectivity index (χ1) is 9.45. The maximum atomic E-state index is 12.5. The lowest BCUT2D eigenvalue weighted by molar-refractivity contribution is -0.144. The van der Waals surface area contributed by atoms with Gasteiger partial charge in [-0.2, -0.15) is 0 Å². The van der Waals surface area contributed by atoms with E-state index in [1.165, 1.54) is 12.5 Å². The van der Waals surface area contributed by atoms with Crippen LogP contribution in [0.2, 0.25) is 0 Å². The molecule has 0 aromatic heterocycles. The van der Waals surface area contributed by atoms with Crippen LogP contribution in [-0.2, 0) is 14.4 Å². The zero-order valence-corrected chi connectivity index (χ0v) is 13.6. The Bertz CT molecular complexity index is 460. The van der Waals surface area contributed by atoms with Crippen LogP contribution in [0.3, 0.4) is 0 Å². The van der Waals surface area contributed by atoms with Gasteiger partial charge in [0.15, 0.2) is 0 Å². The van der Waals surface area contributed by atoms with Crippen LogP contribution in [-0.4, -0.2) is 17.3 Å². The van der Waals surface area contributed by atoms with E-state index < -0.39 is 5.41 Å². The van der Waals surface area contributed by atoms with Gasteiger partial charge in [-0.05, 0) is 49.9 Å². The van der Waals surface area contributed by atoms with E-state index in [2.05, 4.69) is 15.9 Å². The fourth-order valence-corrected chi connectivity index (χ4v) is 3.93. The molecule has 1 saturated carbocycles. The topological polar surface area (TPSA) is 51.2 Å². The lowest BCUT2D eigenvalue weighted by atomic mass is 9.65. The highest BCUT2D eigenvalue weighted by Crippen LogP contribution is 2.44. The van der Waals surface area contributed by atoms with Crippen LogP contribution in [0.4, 0.5) is 0 Å². The van der Waals surface area contributed by atoms with E-state index in [0.29, 0.717) is 38.5 Å². The highest BCUT2D eigenvalue weighted by Gasteiger charge is 2.47. The first kappa shape index (κ1) is 15.6. The van der Waals surface area contributed by atoms with Crippen LogP contribution in [0, 0.1) is 5.41 Å². The number of rotatable bonds is 5. The molecule has 0 N–H and O–H groups in total. The molecule has 4 heteroatoms. The summed E-state index contributed by atoms with van der Waals surface area (Å²) in [5.41, 5.74) is 0.292. The van der Waals surface area contributed by atoms with Crippen molar-refractivity contribution in [1.29, 1.82) is 0 Å². The van der Waals surface area contributed by atoms with Gasteiger partial charge >= 0.3 is 0 Å². The van der Waals surface area contributed by atoms with E-state index in [1.54, 1.807) is 0 Å². The molecule has 110 valence electrons. The van der Waals surface area contributed by atoms with Crippen molar-refractivity contribution in [3.8, 4) is 0 Å². The summed E-state index contributed by atoms with van der Waals surface area (Å²) in [5.74, 6) is 0.152. The summed E-state index contributed by atoms with van der Waals surface area (Å²) in [5, 5.41) is 0. The normalized spacial score (nSPS) is 22.5. The Kier molecular flexibility index (Phi) is 4.95. The predicted octanol–water partition coefficient (Wildman–Crippen LogP) is 3.89. The Labute approximate surface area is 128 Å². The van der Waals surface area contributed by atoms with E-state index in [0.717, 1.165) is 23.7 Å². The van der Waals surface area contributed by atoms with Gasteiger partial charge in [0.1, 0.15) is 17.3 Å². The molecule has 0 unspecified atom stereocenters. The molecule has 0 saturated heterocycles. The molecule has 2 aliphatic rings. The molecular weight excluding hydrogens is 320 g/mol. The fourth-order valence-electron chi connectivity index (χ4n) is 3.32. The average molecular weight is 341 g/mol. The predicted molar refractivity (Wildman–Crippen MR) is 80.6 cm³/mol. The summed E-state index contributed by atoms with van der Waals surface area (Å²) in [4.78, 5) is 36.2. The second kappa shape index (κ2) is 6.33. The molecule has 0 atom stereocenters. The molecule has 3 nitrogen and oxygen atoms in total. The van der Waals surface area contributed by atoms with Crippen molar-refractivity contribution in [2.45, 2.75) is 64.7 Å². The molecule has 20 heavy (non-hydrogen) atoms. The minimum absolute atomic E-state index is 0.0506. The van der Waals surface area contributed by atoms with Crippen LogP contribution >= 0.6 is 15.9 Å². The summed E-state index contributed by atoms with van der Waals surface area (Å²) in [6.45, 7) is 1.52. The Morgan fingerprint density at radius 3 is 2.20 bits per heavy atom. The van der Waals surface area contributed by atoms with Crippen molar-refractivity contribution in [3.05, 3.63) is 10.1 Å². The number of hydrogen-bond donors (Lipinski definition) is 0. The number of halogens is 1. The van der Waals surface area contributed by atoms with Crippen LogP contribution < -0.4 is 0 Å². The van der Waals surface area contributed by atoms with Crippen molar-refractivity contribution in [2.75, 3.05) is 0 Å². The summed E-state index contributed by atoms with van der Waals surface area (Å²) in [6.07, 6.45) is 5.91. The van der Waals surface area contributed by atoms with E-state index >= 15 is 0 Å². The van der Waals surface area contributed by atoms with Crippen molar-refractivity contribution < 1.29 is 14.4 Å². The van der Waals surface area contributed by atoms with Crippen LogP contribution in [0.25, 0.3) is 0 Å². The summed E-state index contributed by atoms with van der Waals surface area (Å²) >= 11 is 3.57. The first-order valence-electron chi connectivity index (χ1n) is 7.38. The van der Waals surface area contributed by atoms with E-state index in [1.807, 2.05) is 0 Å². The smallest absolute Gasteiger partial charge is 0.146 e. The number of allylic oxidation sites excluding steroid dienone is 2. The zero-order valence-electron chi connectivity index (χ0n) is 12.0. The molecular formula is C16H21BrO3. The van der Waals surface area contributed by atoms with Crippen LogP contribution in [0.5, 0.6) is 0 Å². The molecule has 0 bridgehead atoms. The average Bonchev–Trinajstić information content (AvgIpc) is 2.78. The molecule has 2 rings (SSSR count). The molecule has 0 spiro atoms. The summed E-state index contributed by atoms with van der Waals surface area (Å²) in [7, 11) is 0. The van der Waals surface area contributed by atoms with Crippen molar-refractivity contribution in [2.24, 2.45) is 5.41 Å². The number of hydrogen-bond acceptors (Lipinski definition) is 3. The summed E-state index contributed by atoms with van der Waals surface area (Å²) < 4.78 is 1.16. The van der Waals surface area contributed by atoms with Gasteiger partial charge in [-0.3, -0.25) is 9.59 Å². The Hall–Kier alpha value is -0.770. The molecule has 1 fully saturated rings. The zero-order chi connectivity index (χ0) is 14.8. The molecule has 0 aromatic carbocycles. The van der Waals surface area contributed by atoms with Crippen LogP contribution in [0.1, 0.15) is 64.7 Å². The number of carbonyl (C=O) groups is 3. The van der Waals surface area contributed by atoms with Gasteiger partial charge in [-0.1, -0.05) is 21.5 Å². The van der Waals surface area contributed by atoms with Gasteiger partial charge in [-0.15, -0.1) is 0 Å². The lowest BCUT2D eigenvalue weighted by Gasteiger charge is -2.35. The first-order valence-corrected chi connectivity index (χ1v) is 8.17. The second-order valence-corrected chi connectivity index (χ2v) is 6.98. The third-order valence-corrected chi connectivity index (χ3v) is 5.51. The minimum atomic E-state index is -0.914. The van der Waals surface area contributed by atoms with E-state index in [4.69, 9.17) is 0 Å². The molecule has 0 radical (unpaired) electrons. The molecule has 0 aromatic rings. The van der Waals surface area contributed by atoms with Crippen molar-refractivity contribution in [3.63, 3.8) is 0 Å². The molecule has 0 aliphatic heterocycles. The van der Waals surface area contributed by atoms with Gasteiger partial charge < -0.3 is 4.79 Å². The molecule has 0 amide bonds. The maximum Gasteiger partial charge on any atom is 0.146 e. The Balaban J connectivity index is 2.27. The van der Waals surface area contributed by atoms with Crippen molar-refractivity contribution in [1.82, 2.24) is 0 Å². The molecule has 2 aliphatic carbocycles. The third kappa shape index (κ3) is 3.11. The standard InChI is InChI=1S/C16H21BrO3/c1-11(18)8-9-16(10-12-4-2-5-13(12)17)14(19)6-3-7-15(16)20/h2-10H2,1H3. The third-order valence-electron chi connectivity index (χ3n) is 4.55. The highest BCUT2D eigenvalue weighted by atomic mass is 79.9. The lowest BCUT2D eigenvalue weighted by Crippen LogP contribution is -2.43. The van der Waals surface area contributed by atoms with Gasteiger partial charge in [0.05, 0.1) is 5.41 Å².